The third-order valence-corrected chi connectivity index (χ3v) is 8.91. The molecular weight excluding hydrogens is 537 g/mol. The summed E-state index contributed by atoms with van der Waals surface area (Å²) in [6.45, 7) is 6.59. The smallest absolute Gasteiger partial charge is 0.309 e. The van der Waals surface area contributed by atoms with E-state index >= 15 is 4.39 Å². The summed E-state index contributed by atoms with van der Waals surface area (Å²) in [5, 5.41) is 9.55. The lowest BCUT2D eigenvalue weighted by atomic mass is 9.94. The van der Waals surface area contributed by atoms with Gasteiger partial charge in [0, 0.05) is 38.9 Å². The topological polar surface area (TPSA) is 84.4 Å². The highest BCUT2D eigenvalue weighted by molar-refractivity contribution is 5.72. The van der Waals surface area contributed by atoms with Gasteiger partial charge in [0.25, 0.3) is 0 Å². The van der Waals surface area contributed by atoms with Crippen LogP contribution in [0.2, 0.25) is 0 Å². The van der Waals surface area contributed by atoms with Crippen LogP contribution in [0.4, 0.5) is 10.2 Å². The first kappa shape index (κ1) is 28.6. The second-order valence-corrected chi connectivity index (χ2v) is 11.5. The Morgan fingerprint density at radius 2 is 1.93 bits per heavy atom. The second-order valence-electron chi connectivity index (χ2n) is 11.5. The lowest BCUT2D eigenvalue weighted by Gasteiger charge is -2.36. The minimum Gasteiger partial charge on any atom is -0.488 e. The number of pyridine rings is 1. The lowest BCUT2D eigenvalue weighted by molar-refractivity contribution is -0.147. The van der Waals surface area contributed by atoms with Gasteiger partial charge in [-0.25, -0.2) is 9.37 Å². The number of benzene rings is 2. The number of para-hydroxylation sites is 1. The minimum atomic E-state index is -0.829. The van der Waals surface area contributed by atoms with Crippen LogP contribution in [0.3, 0.4) is 0 Å². The summed E-state index contributed by atoms with van der Waals surface area (Å²) in [5.41, 5.74) is 5.28. The maximum absolute atomic E-state index is 15.3. The van der Waals surface area contributed by atoms with Crippen LogP contribution in [0.25, 0.3) is 11.3 Å². The quantitative estimate of drug-likeness (QED) is 0.421. The highest BCUT2D eigenvalue weighted by atomic mass is 19.1. The molecule has 0 bridgehead atoms. The summed E-state index contributed by atoms with van der Waals surface area (Å²) in [7, 11) is 1.56. The lowest BCUT2D eigenvalue weighted by Crippen LogP contribution is -2.49. The summed E-state index contributed by atoms with van der Waals surface area (Å²) in [4.78, 5) is 21.1. The normalized spacial score (nSPS) is 21.4. The highest BCUT2D eigenvalue weighted by Crippen LogP contribution is 2.35. The molecule has 8 nitrogen and oxygen atoms in total. The van der Waals surface area contributed by atoms with Crippen LogP contribution >= 0.6 is 0 Å². The number of anilines is 1. The van der Waals surface area contributed by atoms with Crippen molar-refractivity contribution in [2.24, 2.45) is 5.92 Å². The molecule has 1 N–H and O–H groups in total. The molecule has 42 heavy (non-hydrogen) atoms. The fraction of sp³-hybridized carbons (Fsp3) is 0.455. The predicted molar refractivity (Wildman–Crippen MR) is 157 cm³/mol. The van der Waals surface area contributed by atoms with Crippen molar-refractivity contribution >= 4 is 11.8 Å². The van der Waals surface area contributed by atoms with E-state index in [0.717, 1.165) is 72.1 Å². The van der Waals surface area contributed by atoms with Gasteiger partial charge in [0.2, 0.25) is 0 Å². The zero-order valence-electron chi connectivity index (χ0n) is 24.2. The molecule has 0 amide bonds. The highest BCUT2D eigenvalue weighted by Gasteiger charge is 2.35. The number of hydrogen-bond donors (Lipinski definition) is 1. The van der Waals surface area contributed by atoms with Gasteiger partial charge in [0.15, 0.2) is 0 Å². The van der Waals surface area contributed by atoms with Gasteiger partial charge in [0.1, 0.15) is 24.0 Å². The molecule has 0 saturated carbocycles. The molecule has 3 aromatic rings. The standard InChI is InChI=1S/C33H38FN3O5/c1-21-5-3-6-26(29-7-4-8-31(35-29)37-14-11-27(33(38)39)30(17-37)40-2)32(21)42-18-22-15-23-9-12-36(24-19-41-20-24)13-10-25(23)28(34)16-22/h3-8,15-16,24,27,30H,9-14,17-20H2,1-2H3,(H,38,39)/t27-,30+/m1/s1. The molecule has 0 radical (unpaired) electrons. The van der Waals surface area contributed by atoms with E-state index < -0.39 is 18.0 Å². The molecule has 0 aliphatic carbocycles. The summed E-state index contributed by atoms with van der Waals surface area (Å²) in [6, 6.07) is 16.0. The van der Waals surface area contributed by atoms with E-state index in [9.17, 15) is 9.90 Å². The Labute approximate surface area is 246 Å². The molecule has 6 rings (SSSR count). The fourth-order valence-corrected chi connectivity index (χ4v) is 6.37. The molecule has 2 saturated heterocycles. The number of carboxylic acids is 1. The van der Waals surface area contributed by atoms with Crippen LogP contribution in [0.15, 0.2) is 48.5 Å². The molecule has 2 aromatic carbocycles. The molecule has 9 heteroatoms. The van der Waals surface area contributed by atoms with Gasteiger partial charge in [-0.05, 0) is 72.7 Å². The third-order valence-electron chi connectivity index (χ3n) is 8.91. The minimum absolute atomic E-state index is 0.154. The predicted octanol–water partition coefficient (Wildman–Crippen LogP) is 4.50. The number of ether oxygens (including phenoxy) is 3. The fourth-order valence-electron chi connectivity index (χ4n) is 6.37. The molecular formula is C33H38FN3O5. The largest absolute Gasteiger partial charge is 0.488 e. The van der Waals surface area contributed by atoms with Gasteiger partial charge in [-0.2, -0.15) is 0 Å². The van der Waals surface area contributed by atoms with Gasteiger partial charge in [-0.15, -0.1) is 0 Å². The van der Waals surface area contributed by atoms with E-state index in [1.54, 1.807) is 13.2 Å². The summed E-state index contributed by atoms with van der Waals surface area (Å²) in [5.74, 6) is -0.0300. The molecule has 2 fully saturated rings. The van der Waals surface area contributed by atoms with Crippen LogP contribution in [-0.2, 0) is 33.7 Å². The zero-order chi connectivity index (χ0) is 29.2. The number of aromatic nitrogens is 1. The second kappa shape index (κ2) is 12.4. The van der Waals surface area contributed by atoms with E-state index in [1.807, 2.05) is 43.3 Å². The number of hydrogen-bond acceptors (Lipinski definition) is 7. The van der Waals surface area contributed by atoms with E-state index in [-0.39, 0.29) is 12.4 Å². The number of carbonyl (C=O) groups is 1. The van der Waals surface area contributed by atoms with Gasteiger partial charge in [-0.3, -0.25) is 9.69 Å². The Balaban J connectivity index is 1.20. The average molecular weight is 576 g/mol. The summed E-state index contributed by atoms with van der Waals surface area (Å²) in [6.07, 6.45) is 1.61. The molecule has 1 aromatic heterocycles. The van der Waals surface area contributed by atoms with Crippen LogP contribution < -0.4 is 9.64 Å². The first-order chi connectivity index (χ1) is 20.4. The molecule has 3 aliphatic rings. The van der Waals surface area contributed by atoms with Crippen LogP contribution in [-0.4, -0.2) is 79.6 Å². The Kier molecular flexibility index (Phi) is 8.42. The van der Waals surface area contributed by atoms with Crippen LogP contribution in [0, 0.1) is 18.7 Å². The number of rotatable bonds is 8. The van der Waals surface area contributed by atoms with E-state index in [2.05, 4.69) is 15.9 Å². The van der Waals surface area contributed by atoms with Crippen molar-refractivity contribution in [2.75, 3.05) is 51.4 Å². The Morgan fingerprint density at radius 1 is 1.12 bits per heavy atom. The van der Waals surface area contributed by atoms with Crippen molar-refractivity contribution in [3.63, 3.8) is 0 Å². The van der Waals surface area contributed by atoms with Crippen LogP contribution in [0.5, 0.6) is 5.75 Å². The molecule has 3 aliphatic heterocycles. The van der Waals surface area contributed by atoms with Crippen molar-refractivity contribution < 1.29 is 28.5 Å². The van der Waals surface area contributed by atoms with Crippen molar-refractivity contribution in [3.8, 4) is 17.0 Å². The van der Waals surface area contributed by atoms with Gasteiger partial charge < -0.3 is 24.2 Å². The molecule has 0 unspecified atom stereocenters. The van der Waals surface area contributed by atoms with Crippen molar-refractivity contribution in [3.05, 3.63) is 76.6 Å². The number of fused-ring (bicyclic) bond motifs is 1. The number of halogens is 1. The van der Waals surface area contributed by atoms with E-state index in [1.165, 1.54) is 0 Å². The average Bonchev–Trinajstić information content (AvgIpc) is 3.18. The molecule has 2 atom stereocenters. The number of carboxylic acid groups (broad SMARTS) is 1. The van der Waals surface area contributed by atoms with Gasteiger partial charge in [-0.1, -0.05) is 24.3 Å². The van der Waals surface area contributed by atoms with Gasteiger partial charge >= 0.3 is 5.97 Å². The van der Waals surface area contributed by atoms with E-state index in [0.29, 0.717) is 37.7 Å². The summed E-state index contributed by atoms with van der Waals surface area (Å²) < 4.78 is 32.6. The number of methoxy groups -OCH3 is 1. The van der Waals surface area contributed by atoms with Crippen molar-refractivity contribution in [2.45, 2.75) is 44.9 Å². The van der Waals surface area contributed by atoms with Crippen molar-refractivity contribution in [1.29, 1.82) is 0 Å². The Morgan fingerprint density at radius 3 is 2.69 bits per heavy atom. The zero-order valence-corrected chi connectivity index (χ0v) is 24.2. The monoisotopic (exact) mass is 575 g/mol. The number of nitrogens with zero attached hydrogens (tertiary/aromatic N) is 3. The maximum atomic E-state index is 15.3. The molecule has 4 heterocycles. The third kappa shape index (κ3) is 5.86. The Bertz CT molecular complexity index is 1450. The van der Waals surface area contributed by atoms with Crippen molar-refractivity contribution in [1.82, 2.24) is 9.88 Å². The maximum Gasteiger partial charge on any atom is 0.309 e. The SMILES string of the molecule is CO[C@H]1CN(c2cccc(-c3cccc(C)c3OCc3cc(F)c4c(c3)CCN(C3COC3)CC4)n2)CC[C@H]1C(=O)O. The molecule has 0 spiro atoms. The molecule has 222 valence electrons. The first-order valence-corrected chi connectivity index (χ1v) is 14.7. The number of piperidine rings is 1. The van der Waals surface area contributed by atoms with Crippen LogP contribution in [0.1, 0.15) is 28.7 Å². The Hall–Kier alpha value is -3.53. The van der Waals surface area contributed by atoms with E-state index in [4.69, 9.17) is 19.2 Å². The number of aryl methyl sites for hydroxylation is 1. The van der Waals surface area contributed by atoms with Gasteiger partial charge in [0.05, 0.1) is 37.0 Å². The number of aliphatic carboxylic acids is 1. The first-order valence-electron chi connectivity index (χ1n) is 14.7. The summed E-state index contributed by atoms with van der Waals surface area (Å²) >= 11 is 0.